The molecule has 0 spiro atoms. The smallest absolute Gasteiger partial charge is 0.0953 e. The Morgan fingerprint density at radius 1 is 1.24 bits per heavy atom. The van der Waals surface area contributed by atoms with Crippen molar-refractivity contribution in [2.45, 2.75) is 12.3 Å². The molecule has 0 aliphatic rings. The van der Waals surface area contributed by atoms with Crippen molar-refractivity contribution in [3.63, 3.8) is 0 Å². The molecule has 1 aromatic heterocycles. The van der Waals surface area contributed by atoms with Gasteiger partial charge in [-0.3, -0.25) is 0 Å². The van der Waals surface area contributed by atoms with Crippen LogP contribution in [-0.4, -0.2) is 0 Å². The van der Waals surface area contributed by atoms with Crippen molar-refractivity contribution in [1.82, 2.24) is 0 Å². The third-order valence-corrected chi connectivity index (χ3v) is 6.25. The van der Waals surface area contributed by atoms with Crippen LogP contribution in [-0.2, 0) is 0 Å². The van der Waals surface area contributed by atoms with Gasteiger partial charge in [0.25, 0.3) is 0 Å². The molecule has 0 aliphatic carbocycles. The van der Waals surface area contributed by atoms with Crippen molar-refractivity contribution in [2.75, 3.05) is 0 Å². The van der Waals surface area contributed by atoms with E-state index < -0.39 is 0 Å². The van der Waals surface area contributed by atoms with Crippen LogP contribution in [0.5, 0.6) is 0 Å². The van der Waals surface area contributed by atoms with Gasteiger partial charge in [-0.2, -0.15) is 0 Å². The van der Waals surface area contributed by atoms with E-state index in [-0.39, 0.29) is 5.38 Å². The molecule has 1 atom stereocenters. The van der Waals surface area contributed by atoms with Gasteiger partial charge in [0.2, 0.25) is 0 Å². The predicted molar refractivity (Wildman–Crippen MR) is 83.6 cm³/mol. The van der Waals surface area contributed by atoms with Crippen molar-refractivity contribution < 1.29 is 0 Å². The molecule has 0 saturated carbocycles. The van der Waals surface area contributed by atoms with Gasteiger partial charge in [-0.05, 0) is 56.5 Å². The fourth-order valence-electron chi connectivity index (χ4n) is 1.53. The van der Waals surface area contributed by atoms with Crippen LogP contribution in [0.4, 0.5) is 0 Å². The lowest BCUT2D eigenvalue weighted by Gasteiger charge is -2.11. The highest BCUT2D eigenvalue weighted by Gasteiger charge is 2.20. The molecule has 0 bridgehead atoms. The molecule has 0 saturated heterocycles. The number of halogens is 4. The van der Waals surface area contributed by atoms with E-state index in [2.05, 4.69) is 44.8 Å². The maximum Gasteiger partial charge on any atom is 0.0953 e. The van der Waals surface area contributed by atoms with Gasteiger partial charge >= 0.3 is 0 Å². The van der Waals surface area contributed by atoms with Gasteiger partial charge in [-0.1, -0.05) is 23.7 Å². The molecule has 0 fully saturated rings. The molecule has 0 N–H and O–H groups in total. The molecule has 2 aromatic rings. The number of rotatable bonds is 2. The minimum absolute atomic E-state index is 0.229. The Morgan fingerprint density at radius 2 is 1.94 bits per heavy atom. The number of hydrogen-bond acceptors (Lipinski definition) is 1. The van der Waals surface area contributed by atoms with Crippen molar-refractivity contribution in [1.29, 1.82) is 0 Å². The summed E-state index contributed by atoms with van der Waals surface area (Å²) < 4.78 is 1.91. The topological polar surface area (TPSA) is 0 Å². The molecule has 5 heteroatoms. The highest BCUT2D eigenvalue weighted by Crippen LogP contribution is 2.42. The third-order valence-electron chi connectivity index (χ3n) is 2.32. The molecular weight excluding hydrogens is 407 g/mol. The Hall–Kier alpha value is 0.460. The van der Waals surface area contributed by atoms with Crippen molar-refractivity contribution in [2.24, 2.45) is 0 Å². The van der Waals surface area contributed by atoms with Gasteiger partial charge in [-0.25, -0.2) is 0 Å². The lowest BCUT2D eigenvalue weighted by atomic mass is 10.1. The van der Waals surface area contributed by atoms with Gasteiger partial charge in [0.05, 0.1) is 10.4 Å². The van der Waals surface area contributed by atoms with Crippen LogP contribution >= 0.6 is 66.4 Å². The molecule has 90 valence electrons. The molecule has 2 rings (SSSR count). The summed E-state index contributed by atoms with van der Waals surface area (Å²) in [4.78, 5) is 2.31. The third kappa shape index (κ3) is 2.90. The Kier molecular flexibility index (Phi) is 4.59. The average Bonchev–Trinajstić information content (AvgIpc) is 2.61. The average molecular weight is 415 g/mol. The zero-order valence-corrected chi connectivity index (χ0v) is 14.3. The van der Waals surface area contributed by atoms with Gasteiger partial charge in [0, 0.05) is 18.7 Å². The number of hydrogen-bond donors (Lipinski definition) is 0. The van der Waals surface area contributed by atoms with Gasteiger partial charge in [-0.15, -0.1) is 22.9 Å². The second kappa shape index (κ2) is 5.62. The lowest BCUT2D eigenvalue weighted by Crippen LogP contribution is -1.92. The Balaban J connectivity index is 2.47. The lowest BCUT2D eigenvalue weighted by molar-refractivity contribution is 1.17. The van der Waals surface area contributed by atoms with Crippen molar-refractivity contribution in [3.8, 4) is 0 Å². The summed E-state index contributed by atoms with van der Waals surface area (Å²) in [5, 5.41) is 0.443. The highest BCUT2D eigenvalue weighted by atomic mass is 79.9. The number of aryl methyl sites for hydroxylation is 1. The summed E-state index contributed by atoms with van der Waals surface area (Å²) in [6, 6.07) is 7.87. The number of thiophene rings is 1. The summed E-state index contributed by atoms with van der Waals surface area (Å²) in [5.74, 6) is 0. The Labute approximate surface area is 131 Å². The van der Waals surface area contributed by atoms with E-state index in [1.54, 1.807) is 11.3 Å². The minimum Gasteiger partial charge on any atom is -0.143 e. The van der Waals surface area contributed by atoms with E-state index in [1.165, 1.54) is 4.88 Å². The number of alkyl halides is 1. The molecule has 0 nitrogen and oxygen atoms in total. The molecule has 0 amide bonds. The van der Waals surface area contributed by atoms with Gasteiger partial charge < -0.3 is 0 Å². The van der Waals surface area contributed by atoms with Gasteiger partial charge in [0.1, 0.15) is 0 Å². The fraction of sp³-hybridized carbons (Fsp3) is 0.167. The van der Waals surface area contributed by atoms with Gasteiger partial charge in [0.15, 0.2) is 0 Å². The first-order valence-corrected chi connectivity index (χ1v) is 8.06. The monoisotopic (exact) mass is 412 g/mol. The molecule has 0 aliphatic heterocycles. The first kappa shape index (κ1) is 13.9. The van der Waals surface area contributed by atoms with Crippen LogP contribution in [0, 0.1) is 6.92 Å². The van der Waals surface area contributed by atoms with Crippen LogP contribution in [0.3, 0.4) is 0 Å². The second-order valence-corrected chi connectivity index (χ2v) is 7.39. The maximum absolute atomic E-state index is 6.50. The highest BCUT2D eigenvalue weighted by molar-refractivity contribution is 9.10. The maximum atomic E-state index is 6.50. The Bertz CT molecular complexity index is 551. The van der Waals surface area contributed by atoms with Crippen LogP contribution in [0.1, 0.15) is 20.7 Å². The largest absolute Gasteiger partial charge is 0.143 e. The van der Waals surface area contributed by atoms with E-state index in [9.17, 15) is 0 Å². The summed E-state index contributed by atoms with van der Waals surface area (Å²) in [7, 11) is 0. The zero-order valence-electron chi connectivity index (χ0n) is 8.81. The molecule has 1 aromatic carbocycles. The van der Waals surface area contributed by atoms with Crippen LogP contribution in [0.15, 0.2) is 33.2 Å². The second-order valence-electron chi connectivity index (χ2n) is 3.57. The van der Waals surface area contributed by atoms with Crippen LogP contribution in [0.2, 0.25) is 5.02 Å². The SMILES string of the molecule is Cc1cc(Br)c(C(Cl)c2cccc(Br)c2Cl)s1. The van der Waals surface area contributed by atoms with Crippen LogP contribution < -0.4 is 0 Å². The normalized spacial score (nSPS) is 12.8. The standard InChI is InChI=1S/C12H8Br2Cl2S/c1-6-5-9(14)12(17-6)11(16)7-3-2-4-8(13)10(7)15/h2-5,11H,1H3. The van der Waals surface area contributed by atoms with E-state index in [1.807, 2.05) is 18.2 Å². The summed E-state index contributed by atoms with van der Waals surface area (Å²) in [6.07, 6.45) is 0. The molecule has 17 heavy (non-hydrogen) atoms. The molecule has 1 unspecified atom stereocenters. The number of benzene rings is 1. The molecule has 1 heterocycles. The molecule has 0 radical (unpaired) electrons. The first-order chi connectivity index (χ1) is 8.00. The van der Waals surface area contributed by atoms with E-state index in [0.717, 1.165) is 19.4 Å². The molecular formula is C12H8Br2Cl2S. The summed E-state index contributed by atoms with van der Waals surface area (Å²) >= 11 is 21.4. The summed E-state index contributed by atoms with van der Waals surface area (Å²) in [6.45, 7) is 2.06. The van der Waals surface area contributed by atoms with Crippen LogP contribution in [0.25, 0.3) is 0 Å². The van der Waals surface area contributed by atoms with E-state index in [0.29, 0.717) is 5.02 Å². The zero-order chi connectivity index (χ0) is 12.6. The summed E-state index contributed by atoms with van der Waals surface area (Å²) in [5.41, 5.74) is 0.922. The van der Waals surface area contributed by atoms with Crippen molar-refractivity contribution >= 4 is 66.4 Å². The van der Waals surface area contributed by atoms with Crippen molar-refractivity contribution in [3.05, 3.63) is 53.6 Å². The Morgan fingerprint density at radius 3 is 2.53 bits per heavy atom. The van der Waals surface area contributed by atoms with E-state index in [4.69, 9.17) is 23.2 Å². The van der Waals surface area contributed by atoms with E-state index >= 15 is 0 Å². The quantitative estimate of drug-likeness (QED) is 0.488. The first-order valence-electron chi connectivity index (χ1n) is 4.84. The fourth-order valence-corrected chi connectivity index (χ4v) is 4.65. The minimum atomic E-state index is -0.229. The predicted octanol–water partition coefficient (Wildman–Crippen LogP) is 6.56.